The fourth-order valence-electron chi connectivity index (χ4n) is 2.91. The Morgan fingerprint density at radius 3 is 2.96 bits per heavy atom. The Morgan fingerprint density at radius 1 is 1.35 bits per heavy atom. The molecule has 0 bridgehead atoms. The van der Waals surface area contributed by atoms with Crippen LogP contribution in [0, 0.1) is 6.92 Å². The van der Waals surface area contributed by atoms with Crippen molar-refractivity contribution in [3.05, 3.63) is 50.9 Å². The van der Waals surface area contributed by atoms with E-state index in [4.69, 9.17) is 9.47 Å². The number of carbonyl (C=O) groups is 1. The Kier molecular flexibility index (Phi) is 4.12. The number of aryl methyl sites for hydroxylation is 2. The third-order valence-corrected chi connectivity index (χ3v) is 5.55. The van der Waals surface area contributed by atoms with Gasteiger partial charge in [-0.1, -0.05) is 6.07 Å². The summed E-state index contributed by atoms with van der Waals surface area (Å²) in [4.78, 5) is 30.5. The number of amides is 1. The van der Waals surface area contributed by atoms with Crippen LogP contribution >= 0.6 is 11.3 Å². The van der Waals surface area contributed by atoms with Crippen molar-refractivity contribution in [3.8, 4) is 11.5 Å². The summed E-state index contributed by atoms with van der Waals surface area (Å²) in [5.41, 5.74) is 1.47. The predicted octanol–water partition coefficient (Wildman–Crippen LogP) is 2.45. The van der Waals surface area contributed by atoms with Crippen molar-refractivity contribution in [2.24, 2.45) is 0 Å². The number of hydrogen-bond donors (Lipinski definition) is 1. The molecule has 0 fully saturated rings. The van der Waals surface area contributed by atoms with E-state index < -0.39 is 0 Å². The average molecular weight is 371 g/mol. The van der Waals surface area contributed by atoms with E-state index in [1.54, 1.807) is 6.92 Å². The molecule has 4 rings (SSSR count). The third-order valence-electron chi connectivity index (χ3n) is 4.35. The topological polar surface area (TPSA) is 82.5 Å². The second kappa shape index (κ2) is 6.45. The monoisotopic (exact) mass is 371 g/mol. The van der Waals surface area contributed by atoms with E-state index in [0.717, 1.165) is 5.56 Å². The van der Waals surface area contributed by atoms with Crippen LogP contribution in [-0.4, -0.2) is 22.3 Å². The molecule has 1 aliphatic rings. The summed E-state index contributed by atoms with van der Waals surface area (Å²) in [5.74, 6) is 1.17. The Hall–Kier alpha value is -2.87. The molecule has 0 saturated heterocycles. The lowest BCUT2D eigenvalue weighted by Crippen LogP contribution is -2.23. The van der Waals surface area contributed by atoms with Crippen LogP contribution in [0.4, 0.5) is 0 Å². The molecule has 3 heterocycles. The van der Waals surface area contributed by atoms with Crippen LogP contribution in [0.3, 0.4) is 0 Å². The number of fused-ring (bicyclic) bond motifs is 2. The largest absolute Gasteiger partial charge is 0.454 e. The second-order valence-electron chi connectivity index (χ2n) is 5.94. The van der Waals surface area contributed by atoms with Gasteiger partial charge in [-0.25, -0.2) is 4.98 Å². The van der Waals surface area contributed by atoms with E-state index in [2.05, 4.69) is 10.3 Å². The minimum atomic E-state index is -0.217. The molecule has 2 aromatic heterocycles. The molecule has 1 aliphatic heterocycles. The molecule has 0 radical (unpaired) electrons. The number of hydrogen-bond acceptors (Lipinski definition) is 6. The van der Waals surface area contributed by atoms with Crippen molar-refractivity contribution < 1.29 is 14.3 Å². The molecule has 0 spiro atoms. The molecule has 0 saturated carbocycles. The average Bonchev–Trinajstić information content (AvgIpc) is 3.24. The lowest BCUT2D eigenvalue weighted by molar-refractivity contribution is 0.0954. The fourth-order valence-corrected chi connectivity index (χ4v) is 3.97. The molecule has 134 valence electrons. The lowest BCUT2D eigenvalue weighted by Gasteiger charge is -2.06. The van der Waals surface area contributed by atoms with Crippen LogP contribution in [0.15, 0.2) is 29.3 Å². The minimum absolute atomic E-state index is 0.110. The molecule has 1 N–H and O–H groups in total. The summed E-state index contributed by atoms with van der Waals surface area (Å²) in [7, 11) is 0. The van der Waals surface area contributed by atoms with Gasteiger partial charge in [-0.05, 0) is 37.1 Å². The van der Waals surface area contributed by atoms with Gasteiger partial charge in [0.2, 0.25) is 6.79 Å². The molecular formula is C18H17N3O4S. The van der Waals surface area contributed by atoms with Crippen LogP contribution in [0.25, 0.3) is 10.2 Å². The summed E-state index contributed by atoms with van der Waals surface area (Å²) in [5, 5.41) is 3.42. The number of rotatable bonds is 4. The first kappa shape index (κ1) is 16.6. The minimum Gasteiger partial charge on any atom is -0.454 e. The Labute approximate surface area is 153 Å². The van der Waals surface area contributed by atoms with Gasteiger partial charge in [0.25, 0.3) is 11.5 Å². The molecule has 1 aromatic carbocycles. The Bertz CT molecular complexity index is 1070. The zero-order chi connectivity index (χ0) is 18.3. The lowest BCUT2D eigenvalue weighted by atomic mass is 10.2. The zero-order valence-corrected chi connectivity index (χ0v) is 15.2. The van der Waals surface area contributed by atoms with Gasteiger partial charge < -0.3 is 14.8 Å². The molecular weight excluding hydrogens is 354 g/mol. The van der Waals surface area contributed by atoms with Crippen molar-refractivity contribution >= 4 is 27.5 Å². The molecule has 7 nitrogen and oxygen atoms in total. The van der Waals surface area contributed by atoms with Crippen molar-refractivity contribution in [1.29, 1.82) is 0 Å². The highest BCUT2D eigenvalue weighted by Gasteiger charge is 2.19. The van der Waals surface area contributed by atoms with E-state index in [1.165, 1.54) is 22.2 Å². The highest BCUT2D eigenvalue weighted by Crippen LogP contribution is 2.32. The number of carbonyl (C=O) groups excluding carboxylic acids is 1. The summed E-state index contributed by atoms with van der Waals surface area (Å²) in [6.45, 7) is 4.79. The summed E-state index contributed by atoms with van der Waals surface area (Å²) in [6, 6.07) is 5.56. The van der Waals surface area contributed by atoms with E-state index in [1.807, 2.05) is 25.1 Å². The first-order chi connectivity index (χ1) is 12.6. The summed E-state index contributed by atoms with van der Waals surface area (Å²) >= 11 is 1.24. The van der Waals surface area contributed by atoms with Gasteiger partial charge in [-0.15, -0.1) is 11.3 Å². The molecule has 0 atom stereocenters. The van der Waals surface area contributed by atoms with E-state index in [-0.39, 0.29) is 18.3 Å². The number of nitrogens with one attached hydrogen (secondary N) is 1. The van der Waals surface area contributed by atoms with Gasteiger partial charge in [0.05, 0.1) is 16.6 Å². The van der Waals surface area contributed by atoms with Gasteiger partial charge in [0.1, 0.15) is 4.83 Å². The number of ether oxygens (including phenoxy) is 2. The van der Waals surface area contributed by atoms with Crippen molar-refractivity contribution in [2.75, 3.05) is 6.79 Å². The Balaban J connectivity index is 1.57. The maximum atomic E-state index is 12.6. The maximum absolute atomic E-state index is 12.6. The first-order valence-corrected chi connectivity index (χ1v) is 9.05. The van der Waals surface area contributed by atoms with Crippen molar-refractivity contribution in [1.82, 2.24) is 14.9 Å². The molecule has 1 amide bonds. The number of aromatic nitrogens is 2. The predicted molar refractivity (Wildman–Crippen MR) is 98.0 cm³/mol. The van der Waals surface area contributed by atoms with Crippen LogP contribution in [0.2, 0.25) is 0 Å². The smallest absolute Gasteiger partial charge is 0.262 e. The van der Waals surface area contributed by atoms with Crippen LogP contribution in [-0.2, 0) is 13.1 Å². The number of thiophene rings is 1. The fraction of sp³-hybridized carbons (Fsp3) is 0.278. The van der Waals surface area contributed by atoms with Crippen LogP contribution in [0.1, 0.15) is 27.7 Å². The summed E-state index contributed by atoms with van der Waals surface area (Å²) < 4.78 is 12.2. The van der Waals surface area contributed by atoms with Gasteiger partial charge in [0, 0.05) is 13.1 Å². The van der Waals surface area contributed by atoms with E-state index in [0.29, 0.717) is 45.2 Å². The molecule has 26 heavy (non-hydrogen) atoms. The third kappa shape index (κ3) is 2.72. The highest BCUT2D eigenvalue weighted by molar-refractivity contribution is 7.20. The second-order valence-corrected chi connectivity index (χ2v) is 6.94. The van der Waals surface area contributed by atoms with Gasteiger partial charge in [-0.2, -0.15) is 0 Å². The standard InChI is InChI=1S/C18H17N3O4S/c1-3-21-8-20-17-14(18(21)23)10(2)15(26-17)16(22)19-7-11-4-5-12-13(6-11)25-9-24-12/h4-6,8H,3,7,9H2,1-2H3,(H,19,22). The Morgan fingerprint density at radius 2 is 2.15 bits per heavy atom. The van der Waals surface area contributed by atoms with Crippen molar-refractivity contribution in [2.45, 2.75) is 26.9 Å². The molecule has 3 aromatic rings. The maximum Gasteiger partial charge on any atom is 0.262 e. The van der Waals surface area contributed by atoms with Crippen LogP contribution in [0.5, 0.6) is 11.5 Å². The van der Waals surface area contributed by atoms with Gasteiger partial charge in [-0.3, -0.25) is 14.2 Å². The van der Waals surface area contributed by atoms with Gasteiger partial charge in [0.15, 0.2) is 11.5 Å². The molecule has 0 aliphatic carbocycles. The van der Waals surface area contributed by atoms with E-state index >= 15 is 0 Å². The SMILES string of the molecule is CCn1cnc2sc(C(=O)NCc3ccc4c(c3)OCO4)c(C)c2c1=O. The normalized spacial score (nSPS) is 12.5. The first-order valence-electron chi connectivity index (χ1n) is 8.23. The number of benzene rings is 1. The zero-order valence-electron chi connectivity index (χ0n) is 14.4. The molecule has 0 unspecified atom stereocenters. The quantitative estimate of drug-likeness (QED) is 0.762. The van der Waals surface area contributed by atoms with E-state index in [9.17, 15) is 9.59 Å². The number of nitrogens with zero attached hydrogens (tertiary/aromatic N) is 2. The van der Waals surface area contributed by atoms with Gasteiger partial charge >= 0.3 is 0 Å². The molecule has 8 heteroatoms. The highest BCUT2D eigenvalue weighted by atomic mass is 32.1. The van der Waals surface area contributed by atoms with Crippen LogP contribution < -0.4 is 20.3 Å². The van der Waals surface area contributed by atoms with Crippen molar-refractivity contribution in [3.63, 3.8) is 0 Å². The summed E-state index contributed by atoms with van der Waals surface area (Å²) in [6.07, 6.45) is 1.52.